The van der Waals surface area contributed by atoms with Gasteiger partial charge in [0.05, 0.1) is 36.4 Å². The Bertz CT molecular complexity index is 1370. The number of halogens is 1. The van der Waals surface area contributed by atoms with Crippen molar-refractivity contribution in [2.45, 2.75) is 30.4 Å². The number of sulfone groups is 1. The van der Waals surface area contributed by atoms with E-state index in [4.69, 9.17) is 15.3 Å². The lowest BCUT2D eigenvalue weighted by molar-refractivity contribution is 0.385. The summed E-state index contributed by atoms with van der Waals surface area (Å²) in [7, 11) is 0.396. The summed E-state index contributed by atoms with van der Waals surface area (Å²) >= 11 is 0. The molecule has 0 radical (unpaired) electrons. The molecule has 12 heteroatoms. The molecule has 0 atom stereocenters. The Balaban J connectivity index is 2.34. The van der Waals surface area contributed by atoms with Gasteiger partial charge in [0.25, 0.3) is 0 Å². The van der Waals surface area contributed by atoms with Crippen LogP contribution in [-0.4, -0.2) is 49.7 Å². The molecule has 3 rings (SSSR count). The van der Waals surface area contributed by atoms with Gasteiger partial charge in [0.1, 0.15) is 16.3 Å². The van der Waals surface area contributed by atoms with Gasteiger partial charge in [-0.05, 0) is 32.9 Å². The van der Waals surface area contributed by atoms with Gasteiger partial charge in [-0.25, -0.2) is 17.8 Å². The molecule has 1 aromatic carbocycles. The molecular formula is C21H25FN6O4S. The average molecular weight is 477 g/mol. The number of rotatable bonds is 5. The van der Waals surface area contributed by atoms with Crippen LogP contribution in [0.4, 0.5) is 4.39 Å². The first-order valence-electron chi connectivity index (χ1n) is 9.75. The number of nitrogens with zero attached hydrogens (tertiary/aromatic N) is 5. The van der Waals surface area contributed by atoms with Crippen molar-refractivity contribution < 1.29 is 22.3 Å². The van der Waals surface area contributed by atoms with Crippen molar-refractivity contribution in [1.29, 1.82) is 0 Å². The van der Waals surface area contributed by atoms with Crippen molar-refractivity contribution in [3.63, 3.8) is 0 Å². The highest BCUT2D eigenvalue weighted by Crippen LogP contribution is 2.36. The molecule has 10 nitrogen and oxygen atoms in total. The van der Waals surface area contributed by atoms with Gasteiger partial charge in [0.2, 0.25) is 0 Å². The third-order valence-corrected chi connectivity index (χ3v) is 7.54. The number of fused-ring (bicyclic) bond motifs is 1. The Kier molecular flexibility index (Phi) is 6.41. The highest BCUT2D eigenvalue weighted by atomic mass is 32.2. The largest absolute Gasteiger partial charge is 0.495 e. The molecule has 0 aliphatic rings. The minimum atomic E-state index is -3.77. The van der Waals surface area contributed by atoms with Crippen LogP contribution in [0.2, 0.25) is 0 Å². The minimum absolute atomic E-state index is 0.00815. The maximum atomic E-state index is 15.0. The second-order valence-corrected chi connectivity index (χ2v) is 10.7. The molecule has 2 heterocycles. The van der Waals surface area contributed by atoms with Gasteiger partial charge in [-0.15, -0.1) is 5.11 Å². The summed E-state index contributed by atoms with van der Waals surface area (Å²) in [6, 6.07) is 4.36. The van der Waals surface area contributed by atoms with E-state index >= 15 is 0 Å². The number of amidine groups is 1. The van der Waals surface area contributed by atoms with Gasteiger partial charge < -0.3 is 15.3 Å². The number of hydrogen-bond acceptors (Lipinski definition) is 7. The predicted molar refractivity (Wildman–Crippen MR) is 122 cm³/mol. The molecule has 0 aliphatic carbocycles. The second kappa shape index (κ2) is 8.77. The summed E-state index contributed by atoms with van der Waals surface area (Å²) in [5, 5.41) is 6.96. The van der Waals surface area contributed by atoms with E-state index in [9.17, 15) is 12.8 Å². The summed E-state index contributed by atoms with van der Waals surface area (Å²) in [4.78, 5) is 8.32. The van der Waals surface area contributed by atoms with Crippen molar-refractivity contribution in [2.24, 2.45) is 21.2 Å². The Morgan fingerprint density at radius 3 is 2.42 bits per heavy atom. The van der Waals surface area contributed by atoms with Crippen LogP contribution >= 0.6 is 0 Å². The summed E-state index contributed by atoms with van der Waals surface area (Å²) in [6.45, 7) is 4.80. The van der Waals surface area contributed by atoms with Crippen LogP contribution in [0.3, 0.4) is 0 Å². The van der Waals surface area contributed by atoms with Gasteiger partial charge in [-0.3, -0.25) is 9.39 Å². The van der Waals surface area contributed by atoms with E-state index in [0.717, 1.165) is 0 Å². The van der Waals surface area contributed by atoms with Crippen molar-refractivity contribution in [1.82, 2.24) is 9.38 Å². The van der Waals surface area contributed by atoms with Gasteiger partial charge >= 0.3 is 0 Å². The van der Waals surface area contributed by atoms with E-state index < -0.39 is 20.4 Å². The lowest BCUT2D eigenvalue weighted by Gasteiger charge is -2.21. The fourth-order valence-electron chi connectivity index (χ4n) is 3.28. The number of aliphatic imine (C=N–C) groups is 1. The Hall–Kier alpha value is -3.54. The smallest absolute Gasteiger partial charge is 0.188 e. The standard InChI is InChI=1S/C21H25FN6O4S/c1-21(2,3)33(29,30)17-11-28-15(10-25-18(28)9-16(17)31-5)12-7-13(20(24-4)26-27-23)19(32-6)14(22)8-12/h7-11H,1-6H3,(H2,23,24,26). The molecule has 176 valence electrons. The molecule has 2 N–H and O–H groups in total. The second-order valence-electron chi connectivity index (χ2n) is 8.00. The first kappa shape index (κ1) is 24.1. The average Bonchev–Trinajstić information content (AvgIpc) is 3.18. The zero-order chi connectivity index (χ0) is 24.6. The number of benzene rings is 1. The first-order valence-corrected chi connectivity index (χ1v) is 11.2. The summed E-state index contributed by atoms with van der Waals surface area (Å²) < 4.78 is 52.3. The van der Waals surface area contributed by atoms with Gasteiger partial charge in [-0.2, -0.15) is 0 Å². The van der Waals surface area contributed by atoms with Crippen molar-refractivity contribution in [3.8, 4) is 22.8 Å². The van der Waals surface area contributed by atoms with E-state index in [2.05, 4.69) is 20.3 Å². The Morgan fingerprint density at radius 1 is 1.18 bits per heavy atom. The van der Waals surface area contributed by atoms with Crippen molar-refractivity contribution in [3.05, 3.63) is 42.0 Å². The maximum Gasteiger partial charge on any atom is 0.188 e. The molecule has 0 unspecified atom stereocenters. The number of aromatic nitrogens is 2. The maximum absolute atomic E-state index is 15.0. The molecule has 0 bridgehead atoms. The molecule has 0 spiro atoms. The van der Waals surface area contributed by atoms with Crippen molar-refractivity contribution in [2.75, 3.05) is 21.3 Å². The first-order chi connectivity index (χ1) is 15.5. The molecule has 0 aliphatic heterocycles. The van der Waals surface area contributed by atoms with Crippen LogP contribution in [0, 0.1) is 5.82 Å². The molecule has 0 saturated heterocycles. The van der Waals surface area contributed by atoms with Crippen LogP contribution in [0.1, 0.15) is 26.3 Å². The fraction of sp³-hybridized carbons (Fsp3) is 0.333. The van der Waals surface area contributed by atoms with Crippen LogP contribution < -0.4 is 15.3 Å². The number of nitrogens with two attached hydrogens (primary N) is 1. The molecule has 2 aromatic heterocycles. The fourth-order valence-corrected chi connectivity index (χ4v) is 4.59. The van der Waals surface area contributed by atoms with E-state index in [1.807, 2.05) is 0 Å². The number of ether oxygens (including phenoxy) is 2. The third kappa shape index (κ3) is 4.13. The summed E-state index contributed by atoms with van der Waals surface area (Å²) in [6.07, 6.45) is 2.92. The van der Waals surface area contributed by atoms with Crippen LogP contribution in [0.5, 0.6) is 11.5 Å². The lowest BCUT2D eigenvalue weighted by atomic mass is 10.1. The van der Waals surface area contributed by atoms with E-state index in [-0.39, 0.29) is 27.8 Å². The molecule has 3 aromatic rings. The zero-order valence-corrected chi connectivity index (χ0v) is 19.9. The normalized spacial score (nSPS) is 13.1. The Labute approximate surface area is 190 Å². The SMILES string of the molecule is CN=C(N=NN)c1cc(-c2cnc3cc(OC)c(S(=O)(=O)C(C)(C)C)cn23)cc(F)c1OC. The van der Waals surface area contributed by atoms with E-state index in [0.29, 0.717) is 16.9 Å². The molecule has 0 saturated carbocycles. The van der Waals surface area contributed by atoms with E-state index in [1.54, 1.807) is 31.2 Å². The zero-order valence-electron chi connectivity index (χ0n) is 19.1. The highest BCUT2D eigenvalue weighted by Gasteiger charge is 2.34. The number of pyridine rings is 1. The molecule has 0 amide bonds. The third-order valence-electron chi connectivity index (χ3n) is 5.04. The molecular weight excluding hydrogens is 451 g/mol. The number of imidazole rings is 1. The lowest BCUT2D eigenvalue weighted by Crippen LogP contribution is -2.28. The topological polar surface area (TPSA) is 133 Å². The predicted octanol–water partition coefficient (Wildman–Crippen LogP) is 3.43. The number of methoxy groups -OCH3 is 2. The van der Waals surface area contributed by atoms with Crippen LogP contribution in [0.25, 0.3) is 16.9 Å². The highest BCUT2D eigenvalue weighted by molar-refractivity contribution is 7.92. The summed E-state index contributed by atoms with van der Waals surface area (Å²) in [5.74, 6) is 4.62. The minimum Gasteiger partial charge on any atom is -0.495 e. The van der Waals surface area contributed by atoms with Gasteiger partial charge in [-0.1, -0.05) is 5.22 Å². The summed E-state index contributed by atoms with van der Waals surface area (Å²) in [5.41, 5.74) is 1.45. The monoisotopic (exact) mass is 476 g/mol. The van der Waals surface area contributed by atoms with Gasteiger partial charge in [0.15, 0.2) is 27.2 Å². The molecule has 33 heavy (non-hydrogen) atoms. The molecule has 0 fully saturated rings. The quantitative estimate of drug-likeness (QED) is 0.197. The number of hydrogen-bond donors (Lipinski definition) is 1. The van der Waals surface area contributed by atoms with Gasteiger partial charge in [0, 0.05) is 24.9 Å². The van der Waals surface area contributed by atoms with Crippen LogP contribution in [-0.2, 0) is 9.84 Å². The van der Waals surface area contributed by atoms with Crippen LogP contribution in [0.15, 0.2) is 50.8 Å². The Morgan fingerprint density at radius 2 is 1.88 bits per heavy atom. The van der Waals surface area contributed by atoms with E-state index in [1.165, 1.54) is 45.8 Å². The van der Waals surface area contributed by atoms with Crippen molar-refractivity contribution >= 4 is 21.3 Å².